The third kappa shape index (κ3) is 32.4. The molecule has 0 fully saturated rings. The van der Waals surface area contributed by atoms with Crippen LogP contribution < -0.4 is 11.1 Å². The second-order valence-corrected chi connectivity index (χ2v) is 13.7. The van der Waals surface area contributed by atoms with E-state index in [2.05, 4.69) is 43.5 Å². The first-order chi connectivity index (χ1) is 23.4. The van der Waals surface area contributed by atoms with Crippen molar-refractivity contribution in [3.05, 3.63) is 24.3 Å². The summed E-state index contributed by atoms with van der Waals surface area (Å²) in [5.74, 6) is -1.34. The summed E-state index contributed by atoms with van der Waals surface area (Å²) in [5, 5.41) is 11.9. The molecule has 7 heteroatoms. The average Bonchev–Trinajstić information content (AvgIpc) is 3.07. The maximum atomic E-state index is 12.6. The number of nitrogens with one attached hydrogen (secondary N) is 1. The number of esters is 1. The van der Waals surface area contributed by atoms with Gasteiger partial charge in [-0.1, -0.05) is 135 Å². The van der Waals surface area contributed by atoms with E-state index in [-0.39, 0.29) is 18.0 Å². The minimum absolute atomic E-state index is 0.0968. The Hall–Kier alpha value is -2.15. The SMILES string of the molecule is CCCC/C=C\C(CCCCCCC(=O)NC(CCCN)C(=O)O)OC(=O)CCCCCCCCCCC/C=C\CCCCCCCC. The van der Waals surface area contributed by atoms with E-state index in [1.807, 2.05) is 0 Å². The van der Waals surface area contributed by atoms with E-state index >= 15 is 0 Å². The van der Waals surface area contributed by atoms with Crippen LogP contribution in [0.1, 0.15) is 200 Å². The summed E-state index contributed by atoms with van der Waals surface area (Å²) in [6.07, 6.45) is 39.8. The second-order valence-electron chi connectivity index (χ2n) is 13.7. The summed E-state index contributed by atoms with van der Waals surface area (Å²) in [4.78, 5) is 36.0. The van der Waals surface area contributed by atoms with E-state index in [9.17, 15) is 19.5 Å². The minimum Gasteiger partial charge on any atom is -0.480 e. The predicted octanol–water partition coefficient (Wildman–Crippen LogP) is 10.9. The molecular weight excluding hydrogens is 600 g/mol. The van der Waals surface area contributed by atoms with Gasteiger partial charge < -0.3 is 20.9 Å². The Balaban J connectivity index is 3.97. The normalized spacial score (nSPS) is 12.9. The number of unbranched alkanes of at least 4 members (excludes halogenated alkanes) is 20. The van der Waals surface area contributed by atoms with Crippen LogP contribution in [0.25, 0.3) is 0 Å². The minimum atomic E-state index is -1.02. The summed E-state index contributed by atoms with van der Waals surface area (Å²) >= 11 is 0. The molecule has 0 saturated heterocycles. The van der Waals surface area contributed by atoms with Gasteiger partial charge in [-0.05, 0) is 83.2 Å². The molecule has 0 rings (SSSR count). The van der Waals surface area contributed by atoms with Gasteiger partial charge in [-0.15, -0.1) is 0 Å². The van der Waals surface area contributed by atoms with Gasteiger partial charge in [0.25, 0.3) is 0 Å². The molecule has 0 aromatic heterocycles. The summed E-state index contributed by atoms with van der Waals surface area (Å²) in [6, 6.07) is -0.868. The van der Waals surface area contributed by atoms with Gasteiger partial charge in [0.15, 0.2) is 0 Å². The molecule has 0 aliphatic carbocycles. The molecule has 0 aromatic rings. The molecule has 0 saturated carbocycles. The predicted molar refractivity (Wildman–Crippen MR) is 202 cm³/mol. The first-order valence-electron chi connectivity index (χ1n) is 20.2. The van der Waals surface area contributed by atoms with E-state index in [1.54, 1.807) is 0 Å². The van der Waals surface area contributed by atoms with Crippen molar-refractivity contribution >= 4 is 17.8 Å². The molecule has 7 nitrogen and oxygen atoms in total. The highest BCUT2D eigenvalue weighted by atomic mass is 16.5. The third-order valence-corrected chi connectivity index (χ3v) is 8.97. The molecule has 0 heterocycles. The molecular formula is C41H76N2O5. The van der Waals surface area contributed by atoms with Crippen LogP contribution in [0.3, 0.4) is 0 Å². The van der Waals surface area contributed by atoms with E-state index < -0.39 is 12.0 Å². The quantitative estimate of drug-likeness (QED) is 0.0345. The van der Waals surface area contributed by atoms with Crippen LogP contribution in [-0.4, -0.2) is 41.6 Å². The fraction of sp³-hybridized carbons (Fsp3) is 0.829. The molecule has 2 unspecified atom stereocenters. The summed E-state index contributed by atoms with van der Waals surface area (Å²) in [5.41, 5.74) is 5.46. The highest BCUT2D eigenvalue weighted by Crippen LogP contribution is 2.16. The van der Waals surface area contributed by atoms with E-state index in [4.69, 9.17) is 10.5 Å². The third-order valence-electron chi connectivity index (χ3n) is 8.97. The van der Waals surface area contributed by atoms with Crippen LogP contribution in [0, 0.1) is 0 Å². The molecule has 4 N–H and O–H groups in total. The second kappa shape index (κ2) is 36.1. The van der Waals surface area contributed by atoms with Gasteiger partial charge in [-0.3, -0.25) is 9.59 Å². The smallest absolute Gasteiger partial charge is 0.326 e. The van der Waals surface area contributed by atoms with Crippen LogP contribution in [0.15, 0.2) is 24.3 Å². The van der Waals surface area contributed by atoms with Crippen LogP contribution >= 0.6 is 0 Å². The highest BCUT2D eigenvalue weighted by Gasteiger charge is 2.19. The zero-order chi connectivity index (χ0) is 35.3. The Kier molecular flexibility index (Phi) is 34.5. The first-order valence-corrected chi connectivity index (χ1v) is 20.2. The maximum absolute atomic E-state index is 12.6. The Morgan fingerprint density at radius 2 is 1.10 bits per heavy atom. The Morgan fingerprint density at radius 3 is 1.67 bits per heavy atom. The number of rotatable bonds is 36. The Labute approximate surface area is 295 Å². The van der Waals surface area contributed by atoms with Crippen molar-refractivity contribution in [2.45, 2.75) is 212 Å². The molecule has 2 atom stereocenters. The van der Waals surface area contributed by atoms with Gasteiger partial charge >= 0.3 is 11.9 Å². The molecule has 0 aromatic carbocycles. The topological polar surface area (TPSA) is 119 Å². The Bertz CT molecular complexity index is 813. The number of hydrogen-bond acceptors (Lipinski definition) is 5. The average molecular weight is 677 g/mol. The van der Waals surface area contributed by atoms with Crippen molar-refractivity contribution in [1.82, 2.24) is 5.32 Å². The van der Waals surface area contributed by atoms with Gasteiger partial charge in [0.1, 0.15) is 12.1 Å². The largest absolute Gasteiger partial charge is 0.480 e. The lowest BCUT2D eigenvalue weighted by Crippen LogP contribution is -2.40. The summed E-state index contributed by atoms with van der Waals surface area (Å²) < 4.78 is 5.85. The monoisotopic (exact) mass is 677 g/mol. The van der Waals surface area contributed by atoms with Crippen molar-refractivity contribution in [3.8, 4) is 0 Å². The van der Waals surface area contributed by atoms with Gasteiger partial charge in [0.05, 0.1) is 0 Å². The number of carboxylic acid groups (broad SMARTS) is 1. The molecule has 280 valence electrons. The number of carbonyl (C=O) groups is 3. The van der Waals surface area contributed by atoms with E-state index in [1.165, 1.54) is 96.3 Å². The maximum Gasteiger partial charge on any atom is 0.326 e. The zero-order valence-corrected chi connectivity index (χ0v) is 31.3. The molecule has 1 amide bonds. The van der Waals surface area contributed by atoms with Crippen LogP contribution in [0.5, 0.6) is 0 Å². The van der Waals surface area contributed by atoms with E-state index in [0.29, 0.717) is 38.6 Å². The van der Waals surface area contributed by atoms with Gasteiger partial charge in [-0.25, -0.2) is 4.79 Å². The number of ether oxygens (including phenoxy) is 1. The highest BCUT2D eigenvalue weighted by molar-refractivity contribution is 5.83. The van der Waals surface area contributed by atoms with Gasteiger partial charge in [0.2, 0.25) is 5.91 Å². The number of nitrogens with two attached hydrogens (primary N) is 1. The van der Waals surface area contributed by atoms with Crippen molar-refractivity contribution in [1.29, 1.82) is 0 Å². The lowest BCUT2D eigenvalue weighted by atomic mass is 10.1. The zero-order valence-electron chi connectivity index (χ0n) is 31.3. The number of carbonyl (C=O) groups excluding carboxylic acids is 2. The summed E-state index contributed by atoms with van der Waals surface area (Å²) in [7, 11) is 0. The molecule has 0 bridgehead atoms. The van der Waals surface area contributed by atoms with Crippen molar-refractivity contribution in [2.75, 3.05) is 6.54 Å². The van der Waals surface area contributed by atoms with Gasteiger partial charge in [-0.2, -0.15) is 0 Å². The molecule has 0 radical (unpaired) electrons. The fourth-order valence-corrected chi connectivity index (χ4v) is 5.87. The van der Waals surface area contributed by atoms with Crippen molar-refractivity contribution in [2.24, 2.45) is 5.73 Å². The fourth-order valence-electron chi connectivity index (χ4n) is 5.87. The number of amides is 1. The first kappa shape index (κ1) is 45.9. The van der Waals surface area contributed by atoms with Crippen molar-refractivity contribution < 1.29 is 24.2 Å². The summed E-state index contributed by atoms with van der Waals surface area (Å²) in [6.45, 7) is 4.85. The molecule has 0 aliphatic rings. The molecule has 48 heavy (non-hydrogen) atoms. The Morgan fingerprint density at radius 1 is 0.604 bits per heavy atom. The van der Waals surface area contributed by atoms with Crippen LogP contribution in [-0.2, 0) is 19.1 Å². The van der Waals surface area contributed by atoms with Crippen LogP contribution in [0.4, 0.5) is 0 Å². The lowest BCUT2D eigenvalue weighted by molar-refractivity contribution is -0.147. The standard InChI is InChI=1S/C41H76N2O5/c1-3-5-7-9-10-11-12-13-14-15-16-17-18-19-20-21-22-23-29-35-40(45)48-37(31-26-8-6-4-2)32-27-24-25-28-34-39(44)43-38(41(46)47)33-30-36-42/h13-14,26,31,37-38H,3-12,15-25,27-30,32-36,42H2,1-2H3,(H,43,44)(H,46,47)/b14-13-,31-26-. The number of aliphatic carboxylic acids is 1. The number of carboxylic acids is 1. The van der Waals surface area contributed by atoms with Crippen molar-refractivity contribution in [3.63, 3.8) is 0 Å². The van der Waals surface area contributed by atoms with Crippen LogP contribution in [0.2, 0.25) is 0 Å². The molecule has 0 spiro atoms. The number of allylic oxidation sites excluding steroid dienone is 3. The lowest BCUT2D eigenvalue weighted by Gasteiger charge is -2.15. The molecule has 0 aliphatic heterocycles. The van der Waals surface area contributed by atoms with Gasteiger partial charge in [0, 0.05) is 12.8 Å². The van der Waals surface area contributed by atoms with E-state index in [0.717, 1.165) is 57.8 Å². The number of hydrogen-bond donors (Lipinski definition) is 3.